The van der Waals surface area contributed by atoms with Gasteiger partial charge in [-0.15, -0.1) is 12.6 Å². The fourth-order valence-corrected chi connectivity index (χ4v) is 2.33. The van der Waals surface area contributed by atoms with Gasteiger partial charge < -0.3 is 4.74 Å². The fraction of sp³-hybridized carbons (Fsp3) is 0. The fourth-order valence-electron chi connectivity index (χ4n) is 2.04. The highest BCUT2D eigenvalue weighted by Crippen LogP contribution is 2.29. The minimum Gasteiger partial charge on any atom is -0.457 e. The molecular weight excluding hydrogens is 264 g/mol. The molecule has 0 aromatic heterocycles. The Morgan fingerprint density at radius 3 is 1.90 bits per heavy atom. The van der Waals surface area contributed by atoms with E-state index in [9.17, 15) is 0 Å². The molecule has 0 heterocycles. The van der Waals surface area contributed by atoms with Crippen LogP contribution in [-0.2, 0) is 0 Å². The normalized spacial score (nSPS) is 10.2. The lowest BCUT2D eigenvalue weighted by molar-refractivity contribution is 0.483. The number of benzene rings is 3. The average Bonchev–Trinajstić information content (AvgIpc) is 2.50. The van der Waals surface area contributed by atoms with E-state index in [1.165, 1.54) is 0 Å². The first-order valence-electron chi connectivity index (χ1n) is 6.44. The summed E-state index contributed by atoms with van der Waals surface area (Å²) in [5, 5.41) is 0. The van der Waals surface area contributed by atoms with E-state index in [0.717, 1.165) is 27.5 Å². The Kier molecular flexibility index (Phi) is 3.75. The van der Waals surface area contributed by atoms with Crippen molar-refractivity contribution in [2.75, 3.05) is 0 Å². The van der Waals surface area contributed by atoms with Crippen LogP contribution in [0.2, 0.25) is 0 Å². The molecule has 1 nitrogen and oxygen atoms in total. The molecule has 0 atom stereocenters. The van der Waals surface area contributed by atoms with E-state index < -0.39 is 0 Å². The first-order chi connectivity index (χ1) is 9.83. The highest BCUT2D eigenvalue weighted by atomic mass is 32.1. The molecule has 0 bridgehead atoms. The molecule has 0 fully saturated rings. The summed E-state index contributed by atoms with van der Waals surface area (Å²) < 4.78 is 5.78. The standard InChI is InChI=1S/C18H14OS/c20-18-9-5-4-8-17(18)14-10-12-16(13-11-14)19-15-6-2-1-3-7-15/h1-13,20H. The van der Waals surface area contributed by atoms with E-state index in [1.807, 2.05) is 72.8 Å². The van der Waals surface area contributed by atoms with Crippen LogP contribution in [0.1, 0.15) is 0 Å². The molecule has 20 heavy (non-hydrogen) atoms. The monoisotopic (exact) mass is 278 g/mol. The molecule has 0 saturated carbocycles. The third-order valence-corrected chi connectivity index (χ3v) is 3.44. The van der Waals surface area contributed by atoms with Gasteiger partial charge >= 0.3 is 0 Å². The Bertz CT molecular complexity index is 690. The molecule has 0 N–H and O–H groups in total. The van der Waals surface area contributed by atoms with Gasteiger partial charge in [0.15, 0.2) is 0 Å². The Morgan fingerprint density at radius 2 is 1.20 bits per heavy atom. The van der Waals surface area contributed by atoms with Crippen LogP contribution in [0.15, 0.2) is 83.8 Å². The van der Waals surface area contributed by atoms with Gasteiger partial charge in [0.1, 0.15) is 11.5 Å². The first kappa shape index (κ1) is 12.8. The summed E-state index contributed by atoms with van der Waals surface area (Å²) in [5.74, 6) is 1.67. The van der Waals surface area contributed by atoms with Crippen molar-refractivity contribution >= 4 is 12.6 Å². The number of para-hydroxylation sites is 1. The summed E-state index contributed by atoms with van der Waals surface area (Å²) in [6.07, 6.45) is 0. The molecule has 98 valence electrons. The number of thiol groups is 1. The van der Waals surface area contributed by atoms with Crippen LogP contribution >= 0.6 is 12.6 Å². The summed E-state index contributed by atoms with van der Waals surface area (Å²) in [6.45, 7) is 0. The summed E-state index contributed by atoms with van der Waals surface area (Å²) in [5.41, 5.74) is 2.26. The predicted molar refractivity (Wildman–Crippen MR) is 85.6 cm³/mol. The molecule has 3 aromatic rings. The zero-order valence-electron chi connectivity index (χ0n) is 10.9. The van der Waals surface area contributed by atoms with Gasteiger partial charge in [-0.25, -0.2) is 0 Å². The molecule has 0 saturated heterocycles. The lowest BCUT2D eigenvalue weighted by Gasteiger charge is -2.08. The first-order valence-corrected chi connectivity index (χ1v) is 6.89. The number of hydrogen-bond donors (Lipinski definition) is 1. The van der Waals surface area contributed by atoms with Crippen LogP contribution in [0.4, 0.5) is 0 Å². The van der Waals surface area contributed by atoms with Crippen LogP contribution in [-0.4, -0.2) is 0 Å². The second-order valence-corrected chi connectivity index (χ2v) is 4.94. The molecule has 3 aromatic carbocycles. The van der Waals surface area contributed by atoms with Gasteiger partial charge in [-0.1, -0.05) is 48.5 Å². The van der Waals surface area contributed by atoms with Crippen LogP contribution in [0.5, 0.6) is 11.5 Å². The second-order valence-electron chi connectivity index (χ2n) is 4.46. The van der Waals surface area contributed by atoms with E-state index in [-0.39, 0.29) is 0 Å². The maximum atomic E-state index is 5.78. The topological polar surface area (TPSA) is 9.23 Å². The maximum Gasteiger partial charge on any atom is 0.127 e. The van der Waals surface area contributed by atoms with Crippen molar-refractivity contribution in [1.29, 1.82) is 0 Å². The molecule has 2 heteroatoms. The SMILES string of the molecule is Sc1ccccc1-c1ccc(Oc2ccccc2)cc1. The molecule has 0 spiro atoms. The van der Waals surface area contributed by atoms with Crippen LogP contribution in [0, 0.1) is 0 Å². The van der Waals surface area contributed by atoms with E-state index in [4.69, 9.17) is 4.74 Å². The lowest BCUT2D eigenvalue weighted by Crippen LogP contribution is -1.84. The maximum absolute atomic E-state index is 5.78. The smallest absolute Gasteiger partial charge is 0.127 e. The predicted octanol–water partition coefficient (Wildman–Crippen LogP) is 5.43. The van der Waals surface area contributed by atoms with Crippen molar-refractivity contribution in [1.82, 2.24) is 0 Å². The highest BCUT2D eigenvalue weighted by Gasteiger charge is 2.02. The largest absolute Gasteiger partial charge is 0.457 e. The Labute approximate surface area is 124 Å². The zero-order chi connectivity index (χ0) is 13.8. The van der Waals surface area contributed by atoms with Gasteiger partial charge in [-0.05, 0) is 41.5 Å². The molecule has 0 amide bonds. The van der Waals surface area contributed by atoms with Gasteiger partial charge in [-0.2, -0.15) is 0 Å². The summed E-state index contributed by atoms with van der Waals surface area (Å²) in [7, 11) is 0. The molecule has 0 unspecified atom stereocenters. The van der Waals surface area contributed by atoms with Gasteiger partial charge in [0.2, 0.25) is 0 Å². The minimum atomic E-state index is 0.830. The summed E-state index contributed by atoms with van der Waals surface area (Å²) >= 11 is 4.48. The van der Waals surface area contributed by atoms with E-state index in [0.29, 0.717) is 0 Å². The van der Waals surface area contributed by atoms with Gasteiger partial charge in [-0.3, -0.25) is 0 Å². The van der Waals surface area contributed by atoms with Crippen LogP contribution < -0.4 is 4.74 Å². The molecule has 0 aliphatic heterocycles. The zero-order valence-corrected chi connectivity index (χ0v) is 11.8. The Balaban J connectivity index is 1.83. The Morgan fingerprint density at radius 1 is 0.600 bits per heavy atom. The quantitative estimate of drug-likeness (QED) is 0.628. The van der Waals surface area contributed by atoms with Crippen molar-refractivity contribution in [2.24, 2.45) is 0 Å². The molecule has 0 radical (unpaired) electrons. The molecule has 0 aliphatic rings. The van der Waals surface area contributed by atoms with Gasteiger partial charge in [0.25, 0.3) is 0 Å². The van der Waals surface area contributed by atoms with Crippen LogP contribution in [0.3, 0.4) is 0 Å². The number of hydrogen-bond acceptors (Lipinski definition) is 2. The van der Waals surface area contributed by atoms with Crippen molar-refractivity contribution in [2.45, 2.75) is 4.90 Å². The minimum absolute atomic E-state index is 0.830. The number of ether oxygens (including phenoxy) is 1. The summed E-state index contributed by atoms with van der Waals surface area (Å²) in [4.78, 5) is 0.976. The van der Waals surface area contributed by atoms with E-state index in [1.54, 1.807) is 0 Å². The van der Waals surface area contributed by atoms with Crippen LogP contribution in [0.25, 0.3) is 11.1 Å². The van der Waals surface area contributed by atoms with Gasteiger partial charge in [0.05, 0.1) is 0 Å². The third kappa shape index (κ3) is 2.86. The molecule has 0 aliphatic carbocycles. The van der Waals surface area contributed by atoms with Crippen molar-refractivity contribution < 1.29 is 4.74 Å². The van der Waals surface area contributed by atoms with Crippen molar-refractivity contribution in [3.05, 3.63) is 78.9 Å². The molecule has 3 rings (SSSR count). The van der Waals surface area contributed by atoms with E-state index >= 15 is 0 Å². The summed E-state index contributed by atoms with van der Waals surface area (Å²) in [6, 6.07) is 25.9. The lowest BCUT2D eigenvalue weighted by atomic mass is 10.1. The third-order valence-electron chi connectivity index (χ3n) is 3.05. The highest BCUT2D eigenvalue weighted by molar-refractivity contribution is 7.80. The Hall–Kier alpha value is -2.19. The average molecular weight is 278 g/mol. The molecular formula is C18H14OS. The van der Waals surface area contributed by atoms with E-state index in [2.05, 4.69) is 18.7 Å². The second kappa shape index (κ2) is 5.85. The number of rotatable bonds is 3. The van der Waals surface area contributed by atoms with Gasteiger partial charge in [0, 0.05) is 4.90 Å². The van der Waals surface area contributed by atoms with Crippen molar-refractivity contribution in [3.8, 4) is 22.6 Å². The van der Waals surface area contributed by atoms with Crippen molar-refractivity contribution in [3.63, 3.8) is 0 Å².